The Morgan fingerprint density at radius 2 is 2.29 bits per heavy atom. The second kappa shape index (κ2) is 4.00. The minimum Gasteiger partial charge on any atom is -0.385 e. The van der Waals surface area contributed by atoms with Gasteiger partial charge >= 0.3 is 0 Å². The van der Waals surface area contributed by atoms with E-state index in [2.05, 4.69) is 30.1 Å². The fraction of sp³-hybridized carbons (Fsp3) is 0.357. The van der Waals surface area contributed by atoms with Gasteiger partial charge in [0.2, 0.25) is 0 Å². The first kappa shape index (κ1) is 10.5. The fourth-order valence-corrected chi connectivity index (χ4v) is 2.61. The number of rotatable bonds is 3. The van der Waals surface area contributed by atoms with Gasteiger partial charge in [-0.1, -0.05) is 24.3 Å². The van der Waals surface area contributed by atoms with Crippen molar-refractivity contribution in [1.29, 1.82) is 0 Å². The maximum absolute atomic E-state index is 10.4. The van der Waals surface area contributed by atoms with Gasteiger partial charge in [0.05, 0.1) is 0 Å². The van der Waals surface area contributed by atoms with Crippen molar-refractivity contribution >= 4 is 0 Å². The Balaban J connectivity index is 1.88. The molecule has 0 saturated carbocycles. The van der Waals surface area contributed by atoms with Crippen LogP contribution < -0.4 is 0 Å². The van der Waals surface area contributed by atoms with Crippen LogP contribution in [0.4, 0.5) is 0 Å². The monoisotopic (exact) mass is 228 g/mol. The fourth-order valence-electron chi connectivity index (χ4n) is 2.61. The maximum atomic E-state index is 10.4. The van der Waals surface area contributed by atoms with E-state index >= 15 is 0 Å². The molecule has 0 bridgehead atoms. The van der Waals surface area contributed by atoms with Crippen molar-refractivity contribution in [3.63, 3.8) is 0 Å². The first-order chi connectivity index (χ1) is 8.31. The van der Waals surface area contributed by atoms with Crippen molar-refractivity contribution in [2.75, 3.05) is 0 Å². The van der Waals surface area contributed by atoms with E-state index < -0.39 is 6.10 Å². The van der Waals surface area contributed by atoms with Crippen LogP contribution in [-0.2, 0) is 13.0 Å². The molecule has 0 radical (unpaired) electrons. The van der Waals surface area contributed by atoms with Gasteiger partial charge in [0.25, 0.3) is 0 Å². The zero-order chi connectivity index (χ0) is 11.8. The van der Waals surface area contributed by atoms with E-state index in [1.165, 1.54) is 11.1 Å². The Morgan fingerprint density at radius 1 is 1.47 bits per heavy atom. The zero-order valence-electron chi connectivity index (χ0n) is 9.87. The van der Waals surface area contributed by atoms with Crippen LogP contribution in [0.2, 0.25) is 0 Å². The highest BCUT2D eigenvalue weighted by Gasteiger charge is 2.34. The Labute approximate surface area is 101 Å². The lowest BCUT2D eigenvalue weighted by atomic mass is 9.74. The van der Waals surface area contributed by atoms with Crippen molar-refractivity contribution in [1.82, 2.24) is 9.55 Å². The first-order valence-electron chi connectivity index (χ1n) is 6.08. The lowest BCUT2D eigenvalue weighted by Gasteiger charge is -2.33. The van der Waals surface area contributed by atoms with Gasteiger partial charge in [-0.2, -0.15) is 0 Å². The number of aromatic nitrogens is 2. The van der Waals surface area contributed by atoms with E-state index in [-0.39, 0.29) is 5.92 Å². The summed E-state index contributed by atoms with van der Waals surface area (Å²) in [5.74, 6) is 0.992. The predicted molar refractivity (Wildman–Crippen MR) is 65.7 cm³/mol. The molecule has 2 aromatic rings. The van der Waals surface area contributed by atoms with Crippen LogP contribution >= 0.6 is 0 Å². The van der Waals surface area contributed by atoms with Gasteiger partial charge in [0.15, 0.2) is 0 Å². The van der Waals surface area contributed by atoms with Crippen LogP contribution in [0.15, 0.2) is 36.7 Å². The highest BCUT2D eigenvalue weighted by Crippen LogP contribution is 2.42. The zero-order valence-corrected chi connectivity index (χ0v) is 9.87. The lowest BCUT2D eigenvalue weighted by Crippen LogP contribution is -2.25. The Bertz CT molecular complexity index is 533. The summed E-state index contributed by atoms with van der Waals surface area (Å²) >= 11 is 0. The number of imidazole rings is 1. The second-order valence-corrected chi connectivity index (χ2v) is 4.53. The normalized spacial score (nSPS) is 19.5. The first-order valence-corrected chi connectivity index (χ1v) is 6.08. The molecular weight excluding hydrogens is 212 g/mol. The van der Waals surface area contributed by atoms with Gasteiger partial charge in [-0.05, 0) is 24.5 Å². The molecule has 2 unspecified atom stereocenters. The molecule has 2 atom stereocenters. The molecule has 1 heterocycles. The minimum atomic E-state index is -0.486. The third kappa shape index (κ3) is 1.58. The molecule has 1 aromatic heterocycles. The lowest BCUT2D eigenvalue weighted by molar-refractivity contribution is 0.121. The second-order valence-electron chi connectivity index (χ2n) is 4.53. The summed E-state index contributed by atoms with van der Waals surface area (Å²) < 4.78 is 2.01. The topological polar surface area (TPSA) is 38.0 Å². The average Bonchev–Trinajstić information content (AvgIpc) is 2.78. The number of hydrogen-bond donors (Lipinski definition) is 1. The van der Waals surface area contributed by atoms with Crippen molar-refractivity contribution in [3.8, 4) is 0 Å². The molecule has 3 rings (SSSR count). The van der Waals surface area contributed by atoms with Gasteiger partial charge in [0.1, 0.15) is 11.9 Å². The Kier molecular flexibility index (Phi) is 2.48. The number of aliphatic hydroxyl groups is 1. The quantitative estimate of drug-likeness (QED) is 0.875. The molecule has 3 nitrogen and oxygen atoms in total. The summed E-state index contributed by atoms with van der Waals surface area (Å²) in [5, 5.41) is 10.4. The average molecular weight is 228 g/mol. The van der Waals surface area contributed by atoms with Gasteiger partial charge in [-0.15, -0.1) is 0 Å². The molecule has 1 aliphatic rings. The van der Waals surface area contributed by atoms with E-state index in [1.807, 2.05) is 16.8 Å². The molecule has 0 amide bonds. The van der Waals surface area contributed by atoms with Crippen LogP contribution in [-0.4, -0.2) is 14.7 Å². The smallest absolute Gasteiger partial charge is 0.138 e. The summed E-state index contributed by atoms with van der Waals surface area (Å²) in [7, 11) is 0. The number of nitrogens with zero attached hydrogens (tertiary/aromatic N) is 2. The molecule has 0 saturated heterocycles. The highest BCUT2D eigenvalue weighted by molar-refractivity contribution is 5.41. The van der Waals surface area contributed by atoms with Crippen molar-refractivity contribution in [3.05, 3.63) is 53.6 Å². The van der Waals surface area contributed by atoms with E-state index in [0.29, 0.717) is 0 Å². The molecule has 0 spiro atoms. The van der Waals surface area contributed by atoms with Gasteiger partial charge in [0, 0.05) is 24.9 Å². The SMILES string of the molecule is CCn1ccnc1C(O)C1Cc2ccccc21. The summed E-state index contributed by atoms with van der Waals surface area (Å²) in [4.78, 5) is 4.28. The number of benzene rings is 1. The number of fused-ring (bicyclic) bond motifs is 1. The Morgan fingerprint density at radius 3 is 3.06 bits per heavy atom. The van der Waals surface area contributed by atoms with Crippen LogP contribution in [0.25, 0.3) is 0 Å². The number of aryl methyl sites for hydroxylation is 1. The molecule has 0 aliphatic heterocycles. The molecular formula is C14H16N2O. The van der Waals surface area contributed by atoms with Crippen molar-refractivity contribution in [2.24, 2.45) is 0 Å². The van der Waals surface area contributed by atoms with E-state index in [1.54, 1.807) is 6.20 Å². The number of hydrogen-bond acceptors (Lipinski definition) is 2. The largest absolute Gasteiger partial charge is 0.385 e. The molecule has 17 heavy (non-hydrogen) atoms. The highest BCUT2D eigenvalue weighted by atomic mass is 16.3. The van der Waals surface area contributed by atoms with E-state index in [9.17, 15) is 5.11 Å². The van der Waals surface area contributed by atoms with E-state index in [4.69, 9.17) is 0 Å². The molecule has 3 heteroatoms. The summed E-state index contributed by atoms with van der Waals surface area (Å²) in [6.07, 6.45) is 4.14. The summed E-state index contributed by atoms with van der Waals surface area (Å²) in [5.41, 5.74) is 2.62. The van der Waals surface area contributed by atoms with Gasteiger partial charge < -0.3 is 9.67 Å². The Hall–Kier alpha value is -1.61. The van der Waals surface area contributed by atoms with Crippen molar-refractivity contribution in [2.45, 2.75) is 31.9 Å². The molecule has 1 N–H and O–H groups in total. The maximum Gasteiger partial charge on any atom is 0.138 e. The van der Waals surface area contributed by atoms with Crippen LogP contribution in [0, 0.1) is 0 Å². The van der Waals surface area contributed by atoms with Crippen LogP contribution in [0.5, 0.6) is 0 Å². The standard InChI is InChI=1S/C14H16N2O/c1-2-16-8-7-15-14(16)13(17)12-9-10-5-3-4-6-11(10)12/h3-8,12-13,17H,2,9H2,1H3. The number of aliphatic hydroxyl groups excluding tert-OH is 1. The van der Waals surface area contributed by atoms with Gasteiger partial charge in [-0.25, -0.2) is 4.98 Å². The molecule has 1 aliphatic carbocycles. The van der Waals surface area contributed by atoms with Crippen LogP contribution in [0.1, 0.15) is 35.9 Å². The van der Waals surface area contributed by atoms with Gasteiger partial charge in [-0.3, -0.25) is 0 Å². The van der Waals surface area contributed by atoms with Crippen LogP contribution in [0.3, 0.4) is 0 Å². The molecule has 1 aromatic carbocycles. The molecule has 0 fully saturated rings. The minimum absolute atomic E-state index is 0.207. The summed E-state index contributed by atoms with van der Waals surface area (Å²) in [6, 6.07) is 8.31. The van der Waals surface area contributed by atoms with Crippen molar-refractivity contribution < 1.29 is 5.11 Å². The summed E-state index contributed by atoms with van der Waals surface area (Å²) in [6.45, 7) is 2.91. The third-order valence-electron chi connectivity index (χ3n) is 3.63. The molecule has 88 valence electrons. The third-order valence-corrected chi connectivity index (χ3v) is 3.63. The van der Waals surface area contributed by atoms with E-state index in [0.717, 1.165) is 18.8 Å². The predicted octanol–water partition coefficient (Wildman–Crippen LogP) is 2.28.